The van der Waals surface area contributed by atoms with Gasteiger partial charge in [-0.05, 0) is 55.0 Å². The van der Waals surface area contributed by atoms with E-state index in [1.807, 2.05) is 12.1 Å². The molecular weight excluding hydrogens is 532 g/mol. The first-order chi connectivity index (χ1) is 19.1. The van der Waals surface area contributed by atoms with Gasteiger partial charge < -0.3 is 30.0 Å². The van der Waals surface area contributed by atoms with Gasteiger partial charge in [0.25, 0.3) is 0 Å². The molecule has 1 aromatic heterocycles. The number of methoxy groups -OCH3 is 1. The number of piperidine rings is 1. The van der Waals surface area contributed by atoms with E-state index in [1.54, 1.807) is 37.6 Å². The summed E-state index contributed by atoms with van der Waals surface area (Å²) in [7, 11) is 1.60. The molecule has 1 fully saturated rings. The topological polar surface area (TPSA) is 105 Å². The van der Waals surface area contributed by atoms with Crippen molar-refractivity contribution in [3.05, 3.63) is 47.6 Å². The molecule has 2 heterocycles. The van der Waals surface area contributed by atoms with E-state index in [0.29, 0.717) is 52.4 Å². The Morgan fingerprint density at radius 2 is 1.88 bits per heavy atom. The van der Waals surface area contributed by atoms with E-state index in [0.717, 1.165) is 44.3 Å². The number of nitrogens with one attached hydrogen (secondary N) is 2. The Kier molecular flexibility index (Phi) is 9.95. The Balaban J connectivity index is 1.41. The number of halogens is 1. The van der Waals surface area contributed by atoms with Gasteiger partial charge in [-0.1, -0.05) is 32.4 Å². The highest BCUT2D eigenvalue weighted by molar-refractivity contribution is 6.32. The number of aliphatic hydroxyl groups excluding tert-OH is 1. The Labute approximate surface area is 240 Å². The number of ether oxygens (including phenoxy) is 3. The van der Waals surface area contributed by atoms with Gasteiger partial charge in [0.05, 0.1) is 23.8 Å². The quantitative estimate of drug-likeness (QED) is 0.271. The number of rotatable bonds is 10. The van der Waals surface area contributed by atoms with Gasteiger partial charge in [-0.3, -0.25) is 9.88 Å². The summed E-state index contributed by atoms with van der Waals surface area (Å²) in [5.41, 5.74) is 1.40. The third kappa shape index (κ3) is 8.36. The van der Waals surface area contributed by atoms with Gasteiger partial charge in [0.2, 0.25) is 0 Å². The molecule has 3 aromatic rings. The van der Waals surface area contributed by atoms with Crippen molar-refractivity contribution in [3.63, 3.8) is 0 Å². The first-order valence-electron chi connectivity index (χ1n) is 13.6. The zero-order valence-electron chi connectivity index (χ0n) is 23.6. The zero-order chi connectivity index (χ0) is 28.7. The van der Waals surface area contributed by atoms with Gasteiger partial charge in [0.15, 0.2) is 11.5 Å². The van der Waals surface area contributed by atoms with E-state index < -0.39 is 0 Å². The summed E-state index contributed by atoms with van der Waals surface area (Å²) in [5, 5.41) is 16.5. The molecular formula is C30H39ClN4O5. The van der Waals surface area contributed by atoms with Crippen molar-refractivity contribution in [2.45, 2.75) is 46.1 Å². The molecule has 4 rings (SSSR count). The summed E-state index contributed by atoms with van der Waals surface area (Å²) in [6.45, 7) is 9.98. The van der Waals surface area contributed by atoms with Crippen molar-refractivity contribution in [2.24, 2.45) is 5.41 Å². The van der Waals surface area contributed by atoms with Crippen LogP contribution in [0.4, 0.5) is 10.5 Å². The van der Waals surface area contributed by atoms with Crippen LogP contribution in [0.15, 0.2) is 42.6 Å². The Hall–Kier alpha value is -3.27. The van der Waals surface area contributed by atoms with Crippen LogP contribution in [-0.2, 0) is 0 Å². The number of likely N-dealkylation sites (tertiary alicyclic amines) is 1. The average molecular weight is 571 g/mol. The number of fused-ring (bicyclic) bond motifs is 1. The monoisotopic (exact) mass is 570 g/mol. The lowest BCUT2D eigenvalue weighted by molar-refractivity contribution is 0.0753. The second-order valence-electron chi connectivity index (χ2n) is 11.2. The number of hydrogen-bond donors (Lipinski definition) is 3. The van der Waals surface area contributed by atoms with Crippen molar-refractivity contribution in [1.82, 2.24) is 15.2 Å². The van der Waals surface area contributed by atoms with Crippen molar-refractivity contribution in [2.75, 3.05) is 45.2 Å². The summed E-state index contributed by atoms with van der Waals surface area (Å²) in [4.78, 5) is 19.0. The maximum absolute atomic E-state index is 12.2. The molecule has 0 atom stereocenters. The molecule has 1 aliphatic heterocycles. The van der Waals surface area contributed by atoms with Crippen molar-refractivity contribution in [1.29, 1.82) is 0 Å². The van der Waals surface area contributed by atoms with E-state index in [4.69, 9.17) is 25.8 Å². The van der Waals surface area contributed by atoms with E-state index in [-0.39, 0.29) is 17.6 Å². The Morgan fingerprint density at radius 3 is 2.58 bits per heavy atom. The predicted octanol–water partition coefficient (Wildman–Crippen LogP) is 6.08. The van der Waals surface area contributed by atoms with Crippen LogP contribution in [0.25, 0.3) is 10.9 Å². The van der Waals surface area contributed by atoms with E-state index >= 15 is 0 Å². The number of benzene rings is 2. The largest absolute Gasteiger partial charge is 0.493 e. The predicted molar refractivity (Wildman–Crippen MR) is 158 cm³/mol. The van der Waals surface area contributed by atoms with Crippen molar-refractivity contribution in [3.8, 4) is 23.0 Å². The Morgan fingerprint density at radius 1 is 1.10 bits per heavy atom. The second-order valence-corrected chi connectivity index (χ2v) is 11.6. The minimum absolute atomic E-state index is 0.143. The molecule has 1 saturated heterocycles. The SMILES string of the molecule is COc1cc2c(Oc3ccc(NC(=O)NCCC(C)(C)C)cc3Cl)ccnc2cc1OCCN1CCC(O)CC1. The fourth-order valence-corrected chi connectivity index (χ4v) is 4.64. The summed E-state index contributed by atoms with van der Waals surface area (Å²) >= 11 is 6.52. The molecule has 0 saturated carbocycles. The van der Waals surface area contributed by atoms with E-state index in [1.165, 1.54) is 0 Å². The first-order valence-corrected chi connectivity index (χ1v) is 14.0. The normalized spacial score (nSPS) is 14.7. The number of aliphatic hydroxyl groups is 1. The minimum Gasteiger partial charge on any atom is -0.493 e. The highest BCUT2D eigenvalue weighted by Gasteiger charge is 2.18. The van der Waals surface area contributed by atoms with Crippen molar-refractivity contribution < 1.29 is 24.1 Å². The first kappa shape index (κ1) is 29.7. The molecule has 0 spiro atoms. The fraction of sp³-hybridized carbons (Fsp3) is 0.467. The third-order valence-corrected chi connectivity index (χ3v) is 7.07. The lowest BCUT2D eigenvalue weighted by Gasteiger charge is -2.29. The number of hydrogen-bond acceptors (Lipinski definition) is 7. The van der Waals surface area contributed by atoms with Gasteiger partial charge in [-0.2, -0.15) is 0 Å². The van der Waals surface area contributed by atoms with Gasteiger partial charge >= 0.3 is 6.03 Å². The van der Waals surface area contributed by atoms with Gasteiger partial charge in [-0.15, -0.1) is 0 Å². The lowest BCUT2D eigenvalue weighted by atomic mass is 9.92. The van der Waals surface area contributed by atoms with Crippen molar-refractivity contribution >= 4 is 34.2 Å². The standard InChI is InChI=1S/C30H39ClN4O5/c1-30(2,3)10-12-33-29(37)34-20-5-6-26(23(31)17-20)40-25-7-11-32-24-19-28(27(38-4)18-22(24)25)39-16-15-35-13-8-21(36)9-14-35/h5-7,11,17-19,21,36H,8-10,12-16H2,1-4H3,(H2,33,34,37). The van der Waals surface area contributed by atoms with Crippen LogP contribution in [0.5, 0.6) is 23.0 Å². The van der Waals surface area contributed by atoms with Crippen LogP contribution in [0, 0.1) is 5.41 Å². The molecule has 0 bridgehead atoms. The number of pyridine rings is 1. The zero-order valence-corrected chi connectivity index (χ0v) is 24.4. The molecule has 10 heteroatoms. The maximum Gasteiger partial charge on any atom is 0.319 e. The third-order valence-electron chi connectivity index (χ3n) is 6.78. The summed E-state index contributed by atoms with van der Waals surface area (Å²) in [5.74, 6) is 2.18. The number of amides is 2. The highest BCUT2D eigenvalue weighted by atomic mass is 35.5. The number of carbonyl (C=O) groups is 1. The average Bonchev–Trinajstić information content (AvgIpc) is 2.90. The smallest absolute Gasteiger partial charge is 0.319 e. The number of aromatic nitrogens is 1. The highest BCUT2D eigenvalue weighted by Crippen LogP contribution is 2.39. The molecule has 0 aliphatic carbocycles. The maximum atomic E-state index is 12.2. The second kappa shape index (κ2) is 13.4. The van der Waals surface area contributed by atoms with E-state index in [9.17, 15) is 9.90 Å². The molecule has 2 amide bonds. The molecule has 40 heavy (non-hydrogen) atoms. The van der Waals surface area contributed by atoms with Crippen LogP contribution in [-0.4, -0.2) is 67.0 Å². The van der Waals surface area contributed by atoms with Crippen LogP contribution >= 0.6 is 11.6 Å². The summed E-state index contributed by atoms with van der Waals surface area (Å²) < 4.78 is 17.8. The van der Waals surface area contributed by atoms with E-state index in [2.05, 4.69) is 41.3 Å². The van der Waals surface area contributed by atoms with Crippen LogP contribution < -0.4 is 24.8 Å². The molecule has 9 nitrogen and oxygen atoms in total. The number of carbonyl (C=O) groups excluding carboxylic acids is 1. The number of anilines is 1. The fourth-order valence-electron chi connectivity index (χ4n) is 4.42. The van der Waals surface area contributed by atoms with Crippen LogP contribution in [0.1, 0.15) is 40.0 Å². The molecule has 0 radical (unpaired) electrons. The van der Waals surface area contributed by atoms with Gasteiger partial charge in [0, 0.05) is 49.5 Å². The summed E-state index contributed by atoms with van der Waals surface area (Å²) in [6, 6.07) is 10.3. The Bertz CT molecular complexity index is 1310. The minimum atomic E-state index is -0.283. The van der Waals surface area contributed by atoms with Gasteiger partial charge in [-0.25, -0.2) is 4.79 Å². The van der Waals surface area contributed by atoms with Crippen LogP contribution in [0.3, 0.4) is 0 Å². The molecule has 3 N–H and O–H groups in total. The number of urea groups is 1. The van der Waals surface area contributed by atoms with Gasteiger partial charge in [0.1, 0.15) is 18.1 Å². The summed E-state index contributed by atoms with van der Waals surface area (Å²) in [6.07, 6.45) is 3.93. The lowest BCUT2D eigenvalue weighted by Crippen LogP contribution is -2.38. The molecule has 1 aliphatic rings. The molecule has 0 unspecified atom stereocenters. The van der Waals surface area contributed by atoms with Crippen LogP contribution in [0.2, 0.25) is 5.02 Å². The molecule has 2 aromatic carbocycles. The number of nitrogens with zero attached hydrogens (tertiary/aromatic N) is 2. The molecule has 216 valence electrons.